The Labute approximate surface area is 96.6 Å². The summed E-state index contributed by atoms with van der Waals surface area (Å²) in [6, 6.07) is 6.11. The molecule has 0 aliphatic rings. The molecule has 0 spiro atoms. The van der Waals surface area contributed by atoms with E-state index >= 15 is 0 Å². The molecule has 0 aromatic heterocycles. The fourth-order valence-electron chi connectivity index (χ4n) is 1.67. The van der Waals surface area contributed by atoms with E-state index in [2.05, 4.69) is 6.07 Å². The van der Waals surface area contributed by atoms with Crippen molar-refractivity contribution in [2.24, 2.45) is 0 Å². The maximum absolute atomic E-state index is 8.51. The Kier molecular flexibility index (Phi) is 4.65. The van der Waals surface area contributed by atoms with E-state index in [1.54, 1.807) is 14.2 Å². The summed E-state index contributed by atoms with van der Waals surface area (Å²) in [7, 11) is 3.32. The molecule has 0 aliphatic heterocycles. The van der Waals surface area contributed by atoms with Crippen LogP contribution >= 0.6 is 0 Å². The van der Waals surface area contributed by atoms with Crippen LogP contribution in [0.3, 0.4) is 0 Å². The summed E-state index contributed by atoms with van der Waals surface area (Å²) in [5.41, 5.74) is 2.16. The first-order valence-electron chi connectivity index (χ1n) is 5.31. The summed E-state index contributed by atoms with van der Waals surface area (Å²) in [6.45, 7) is 1.99. The van der Waals surface area contributed by atoms with E-state index < -0.39 is 0 Å². The molecule has 86 valence electrons. The average molecular weight is 219 g/mol. The van der Waals surface area contributed by atoms with Gasteiger partial charge in [0.25, 0.3) is 0 Å². The maximum atomic E-state index is 8.51. The zero-order valence-electron chi connectivity index (χ0n) is 10.0. The van der Waals surface area contributed by atoms with Gasteiger partial charge in [-0.15, -0.1) is 0 Å². The molecule has 1 aromatic carbocycles. The minimum absolute atomic E-state index is 0.569. The highest BCUT2D eigenvalue weighted by Gasteiger charge is 2.08. The zero-order chi connectivity index (χ0) is 12.0. The van der Waals surface area contributed by atoms with Gasteiger partial charge in [0, 0.05) is 6.42 Å². The standard InChI is InChI=1S/C13H17NO2/c1-10-8-13(16-3)11(6-4-5-7-14)9-12(10)15-2/h8-9H,4-6H2,1-3H3. The first-order chi connectivity index (χ1) is 7.72. The third kappa shape index (κ3) is 2.90. The second-order valence-electron chi connectivity index (χ2n) is 3.65. The third-order valence-electron chi connectivity index (χ3n) is 2.53. The van der Waals surface area contributed by atoms with Crippen molar-refractivity contribution >= 4 is 0 Å². The molecule has 3 heteroatoms. The van der Waals surface area contributed by atoms with Crippen LogP contribution < -0.4 is 9.47 Å². The van der Waals surface area contributed by atoms with Gasteiger partial charge in [-0.25, -0.2) is 0 Å². The summed E-state index contributed by atoms with van der Waals surface area (Å²) in [5, 5.41) is 8.51. The highest BCUT2D eigenvalue weighted by atomic mass is 16.5. The number of ether oxygens (including phenoxy) is 2. The molecule has 0 heterocycles. The second-order valence-corrected chi connectivity index (χ2v) is 3.65. The van der Waals surface area contributed by atoms with Crippen molar-refractivity contribution in [1.82, 2.24) is 0 Å². The van der Waals surface area contributed by atoms with Gasteiger partial charge in [-0.1, -0.05) is 0 Å². The molecule has 0 radical (unpaired) electrons. The van der Waals surface area contributed by atoms with Gasteiger partial charge in [-0.05, 0) is 43.0 Å². The number of hydrogen-bond donors (Lipinski definition) is 0. The van der Waals surface area contributed by atoms with Crippen LogP contribution in [0, 0.1) is 18.3 Å². The Morgan fingerprint density at radius 3 is 2.44 bits per heavy atom. The van der Waals surface area contributed by atoms with Gasteiger partial charge >= 0.3 is 0 Å². The molecule has 1 aromatic rings. The minimum Gasteiger partial charge on any atom is -0.496 e. The van der Waals surface area contributed by atoms with Crippen LogP contribution in [-0.2, 0) is 6.42 Å². The largest absolute Gasteiger partial charge is 0.496 e. The first-order valence-corrected chi connectivity index (χ1v) is 5.31. The highest BCUT2D eigenvalue weighted by molar-refractivity contribution is 5.46. The molecule has 1 rings (SSSR count). The van der Waals surface area contributed by atoms with Crippen molar-refractivity contribution in [2.75, 3.05) is 14.2 Å². The summed E-state index contributed by atoms with van der Waals surface area (Å²) in [4.78, 5) is 0. The quantitative estimate of drug-likeness (QED) is 0.715. The number of rotatable bonds is 5. The number of nitriles is 1. The Bertz CT molecular complexity index is 394. The SMILES string of the molecule is COc1cc(CCCC#N)c(OC)cc1C. The van der Waals surface area contributed by atoms with Gasteiger partial charge in [0.1, 0.15) is 11.5 Å². The molecular formula is C13H17NO2. The fraction of sp³-hybridized carbons (Fsp3) is 0.462. The maximum Gasteiger partial charge on any atom is 0.122 e. The lowest BCUT2D eigenvalue weighted by Crippen LogP contribution is -1.96. The van der Waals surface area contributed by atoms with E-state index in [9.17, 15) is 0 Å². The Morgan fingerprint density at radius 1 is 1.19 bits per heavy atom. The molecule has 16 heavy (non-hydrogen) atoms. The molecule has 0 bridgehead atoms. The van der Waals surface area contributed by atoms with Gasteiger partial charge < -0.3 is 9.47 Å². The van der Waals surface area contributed by atoms with Gasteiger partial charge in [-0.2, -0.15) is 5.26 Å². The normalized spacial score (nSPS) is 9.62. The van der Waals surface area contributed by atoms with Crippen molar-refractivity contribution in [3.05, 3.63) is 23.3 Å². The van der Waals surface area contributed by atoms with Crippen LogP contribution in [0.1, 0.15) is 24.0 Å². The molecular weight excluding hydrogens is 202 g/mol. The van der Waals surface area contributed by atoms with Gasteiger partial charge in [0.2, 0.25) is 0 Å². The smallest absolute Gasteiger partial charge is 0.122 e. The number of benzene rings is 1. The predicted octanol–water partition coefficient (Wildman–Crippen LogP) is 2.86. The van der Waals surface area contributed by atoms with Crippen LogP contribution in [0.4, 0.5) is 0 Å². The first kappa shape index (κ1) is 12.4. The van der Waals surface area contributed by atoms with Crippen LogP contribution in [0.15, 0.2) is 12.1 Å². The van der Waals surface area contributed by atoms with E-state index in [4.69, 9.17) is 14.7 Å². The van der Waals surface area contributed by atoms with Crippen LogP contribution in [0.25, 0.3) is 0 Å². The van der Waals surface area contributed by atoms with Crippen molar-refractivity contribution in [3.8, 4) is 17.6 Å². The highest BCUT2D eigenvalue weighted by Crippen LogP contribution is 2.29. The van der Waals surface area contributed by atoms with E-state index in [1.807, 2.05) is 19.1 Å². The van der Waals surface area contributed by atoms with Gasteiger partial charge in [0.15, 0.2) is 0 Å². The lowest BCUT2D eigenvalue weighted by atomic mass is 10.0. The predicted molar refractivity (Wildman–Crippen MR) is 62.8 cm³/mol. The van der Waals surface area contributed by atoms with E-state index in [0.29, 0.717) is 6.42 Å². The molecule has 0 saturated heterocycles. The molecule has 0 N–H and O–H groups in total. The van der Waals surface area contributed by atoms with Crippen molar-refractivity contribution in [1.29, 1.82) is 5.26 Å². The molecule has 0 fully saturated rings. The Morgan fingerprint density at radius 2 is 1.88 bits per heavy atom. The van der Waals surface area contributed by atoms with Gasteiger partial charge in [0.05, 0.1) is 20.3 Å². The second kappa shape index (κ2) is 6.02. The third-order valence-corrected chi connectivity index (χ3v) is 2.53. The molecule has 0 aliphatic carbocycles. The summed E-state index contributed by atoms with van der Waals surface area (Å²) in [6.07, 6.45) is 2.26. The molecule has 0 amide bonds. The van der Waals surface area contributed by atoms with Crippen LogP contribution in [0.2, 0.25) is 0 Å². The average Bonchev–Trinajstić information content (AvgIpc) is 2.30. The van der Waals surface area contributed by atoms with Crippen LogP contribution in [0.5, 0.6) is 11.5 Å². The number of methoxy groups -OCH3 is 2. The number of unbranched alkanes of at least 4 members (excludes halogenated alkanes) is 1. The summed E-state index contributed by atoms with van der Waals surface area (Å²) in [5.74, 6) is 1.74. The summed E-state index contributed by atoms with van der Waals surface area (Å²) < 4.78 is 10.6. The lowest BCUT2D eigenvalue weighted by molar-refractivity contribution is 0.396. The zero-order valence-corrected chi connectivity index (χ0v) is 10.0. The Balaban J connectivity index is 2.92. The molecule has 3 nitrogen and oxygen atoms in total. The number of hydrogen-bond acceptors (Lipinski definition) is 3. The van der Waals surface area contributed by atoms with Crippen molar-refractivity contribution in [3.63, 3.8) is 0 Å². The van der Waals surface area contributed by atoms with E-state index in [0.717, 1.165) is 35.5 Å². The minimum atomic E-state index is 0.569. The monoisotopic (exact) mass is 219 g/mol. The summed E-state index contributed by atoms with van der Waals surface area (Å²) >= 11 is 0. The Hall–Kier alpha value is -1.69. The lowest BCUT2D eigenvalue weighted by Gasteiger charge is -2.12. The van der Waals surface area contributed by atoms with Gasteiger partial charge in [-0.3, -0.25) is 0 Å². The number of aryl methyl sites for hydroxylation is 2. The van der Waals surface area contributed by atoms with Crippen LogP contribution in [-0.4, -0.2) is 14.2 Å². The molecule has 0 unspecified atom stereocenters. The van der Waals surface area contributed by atoms with E-state index in [1.165, 1.54) is 0 Å². The van der Waals surface area contributed by atoms with Crippen molar-refractivity contribution < 1.29 is 9.47 Å². The molecule has 0 atom stereocenters. The fourth-order valence-corrected chi connectivity index (χ4v) is 1.67. The number of nitrogens with zero attached hydrogens (tertiary/aromatic N) is 1. The van der Waals surface area contributed by atoms with E-state index in [-0.39, 0.29) is 0 Å². The van der Waals surface area contributed by atoms with Crippen molar-refractivity contribution in [2.45, 2.75) is 26.2 Å². The topological polar surface area (TPSA) is 42.2 Å². The molecule has 0 saturated carbocycles.